The fraction of sp³-hybridized carbons (Fsp3) is 0.211. The largest absolute Gasteiger partial charge is 0.487 e. The average molecular weight is 438 g/mol. The van der Waals surface area contributed by atoms with E-state index in [1.165, 1.54) is 0 Å². The van der Waals surface area contributed by atoms with Gasteiger partial charge in [0.15, 0.2) is 0 Å². The maximum absolute atomic E-state index is 6.21. The van der Waals surface area contributed by atoms with E-state index < -0.39 is 0 Å². The third-order valence-electron chi connectivity index (χ3n) is 4.41. The topological polar surface area (TPSA) is 61.5 Å². The minimum atomic E-state index is -0.260. The number of hydrogen-bond acceptors (Lipinski definition) is 5. The molecule has 3 aromatic rings. The molecule has 2 atom stereocenters. The molecule has 0 spiro atoms. The Hall–Kier alpha value is -2.28. The highest BCUT2D eigenvalue weighted by atomic mass is 35.5. The summed E-state index contributed by atoms with van der Waals surface area (Å²) < 4.78 is 7.88. The number of halogens is 3. The number of hydrogen-bond donors (Lipinski definition) is 0. The van der Waals surface area contributed by atoms with Crippen LogP contribution in [0.2, 0.25) is 15.1 Å². The van der Waals surface area contributed by atoms with Crippen LogP contribution in [0.5, 0.6) is 5.75 Å². The van der Waals surface area contributed by atoms with Crippen molar-refractivity contribution in [2.24, 2.45) is 5.16 Å². The van der Waals surface area contributed by atoms with Crippen LogP contribution < -0.4 is 4.74 Å². The lowest BCUT2D eigenvalue weighted by Gasteiger charge is -2.32. The summed E-state index contributed by atoms with van der Waals surface area (Å²) in [5, 5.41) is 13.9. The van der Waals surface area contributed by atoms with E-state index in [1.54, 1.807) is 36.9 Å². The standard InChI is InChI=1S/C19H15Cl3N4O2/c1-11-19(26-9-23-24-10-26)18(15-5-4-14(21)7-17(15)28-11)25-27-8-12-2-3-13(20)6-16(12)22/h2-7,9-11,19H,8H2,1H3/b25-18-/t11-,19-/m0/s1. The molecule has 1 aliphatic rings. The molecule has 0 saturated heterocycles. The van der Waals surface area contributed by atoms with Crippen molar-refractivity contribution in [3.63, 3.8) is 0 Å². The van der Waals surface area contributed by atoms with Gasteiger partial charge in [0.2, 0.25) is 0 Å². The number of nitrogens with zero attached hydrogens (tertiary/aromatic N) is 4. The van der Waals surface area contributed by atoms with Crippen LogP contribution in [-0.2, 0) is 11.4 Å². The van der Waals surface area contributed by atoms with E-state index in [2.05, 4.69) is 15.4 Å². The molecule has 0 bridgehead atoms. The molecule has 0 radical (unpaired) electrons. The summed E-state index contributed by atoms with van der Waals surface area (Å²) in [6.45, 7) is 2.15. The van der Waals surface area contributed by atoms with Gasteiger partial charge in [-0.05, 0) is 37.3 Å². The van der Waals surface area contributed by atoms with Crippen LogP contribution in [0.15, 0.2) is 54.2 Å². The molecule has 0 saturated carbocycles. The number of fused-ring (bicyclic) bond motifs is 1. The SMILES string of the molecule is C[C@@H]1Oc2cc(Cl)ccc2/C(=N/OCc2ccc(Cl)cc2Cl)[C@H]1n1cnnc1. The lowest BCUT2D eigenvalue weighted by Crippen LogP contribution is -2.37. The quantitative estimate of drug-likeness (QED) is 0.528. The minimum Gasteiger partial charge on any atom is -0.487 e. The van der Waals surface area contributed by atoms with Gasteiger partial charge in [0, 0.05) is 26.2 Å². The summed E-state index contributed by atoms with van der Waals surface area (Å²) in [5.74, 6) is 0.649. The molecule has 0 amide bonds. The van der Waals surface area contributed by atoms with Gasteiger partial charge in [-0.1, -0.05) is 46.0 Å². The van der Waals surface area contributed by atoms with Crippen LogP contribution in [0.25, 0.3) is 0 Å². The Labute approximate surface area is 176 Å². The number of ether oxygens (including phenoxy) is 1. The molecule has 0 fully saturated rings. The first-order valence-electron chi connectivity index (χ1n) is 8.47. The van der Waals surface area contributed by atoms with Crippen molar-refractivity contribution >= 4 is 40.5 Å². The van der Waals surface area contributed by atoms with Crippen molar-refractivity contribution in [2.75, 3.05) is 0 Å². The second-order valence-corrected chi connectivity index (χ2v) is 7.58. The van der Waals surface area contributed by atoms with E-state index in [1.807, 2.05) is 23.6 Å². The minimum absolute atomic E-state index is 0.201. The molecule has 144 valence electrons. The van der Waals surface area contributed by atoms with Gasteiger partial charge in [0.1, 0.15) is 42.9 Å². The fourth-order valence-corrected chi connectivity index (χ4v) is 3.73. The van der Waals surface area contributed by atoms with Gasteiger partial charge in [-0.15, -0.1) is 10.2 Å². The van der Waals surface area contributed by atoms with E-state index in [0.717, 1.165) is 11.1 Å². The molecule has 4 rings (SSSR count). The molecule has 9 heteroatoms. The molecule has 2 heterocycles. The van der Waals surface area contributed by atoms with Crippen LogP contribution >= 0.6 is 34.8 Å². The number of benzene rings is 2. The Morgan fingerprint density at radius 3 is 2.54 bits per heavy atom. The number of rotatable bonds is 4. The maximum Gasteiger partial charge on any atom is 0.143 e. The van der Waals surface area contributed by atoms with E-state index in [4.69, 9.17) is 44.4 Å². The van der Waals surface area contributed by atoms with E-state index in [0.29, 0.717) is 26.5 Å². The van der Waals surface area contributed by atoms with Gasteiger partial charge in [-0.3, -0.25) is 0 Å². The van der Waals surface area contributed by atoms with Crippen molar-refractivity contribution in [1.82, 2.24) is 14.8 Å². The molecule has 0 N–H and O–H groups in total. The third-order valence-corrected chi connectivity index (χ3v) is 5.24. The highest BCUT2D eigenvalue weighted by molar-refractivity contribution is 6.35. The molecule has 28 heavy (non-hydrogen) atoms. The van der Waals surface area contributed by atoms with Crippen LogP contribution in [-0.4, -0.2) is 26.6 Å². The van der Waals surface area contributed by atoms with Gasteiger partial charge >= 0.3 is 0 Å². The Kier molecular flexibility index (Phi) is 5.44. The Bertz CT molecular complexity index is 1020. The normalized spacial score (nSPS) is 19.9. The predicted molar refractivity (Wildman–Crippen MR) is 108 cm³/mol. The van der Waals surface area contributed by atoms with Gasteiger partial charge in [-0.2, -0.15) is 0 Å². The summed E-state index contributed by atoms with van der Waals surface area (Å²) in [4.78, 5) is 5.66. The molecule has 1 aromatic heterocycles. The molecule has 2 aromatic carbocycles. The summed E-state index contributed by atoms with van der Waals surface area (Å²) in [7, 11) is 0. The lowest BCUT2D eigenvalue weighted by atomic mass is 9.95. The molecule has 1 aliphatic heterocycles. The molecular formula is C19H15Cl3N4O2. The zero-order valence-corrected chi connectivity index (χ0v) is 17.0. The first-order valence-corrected chi connectivity index (χ1v) is 9.61. The first-order chi connectivity index (χ1) is 13.5. The van der Waals surface area contributed by atoms with Gasteiger partial charge in [0.25, 0.3) is 0 Å². The molecule has 0 unspecified atom stereocenters. The number of oxime groups is 1. The first kappa shape index (κ1) is 19.1. The second-order valence-electron chi connectivity index (χ2n) is 6.30. The van der Waals surface area contributed by atoms with E-state index in [-0.39, 0.29) is 18.8 Å². The van der Waals surface area contributed by atoms with Crippen LogP contribution in [0.3, 0.4) is 0 Å². The summed E-state index contributed by atoms with van der Waals surface area (Å²) in [5.41, 5.74) is 2.27. The Morgan fingerprint density at radius 1 is 1.07 bits per heavy atom. The predicted octanol–water partition coefficient (Wildman–Crippen LogP) is 5.18. The highest BCUT2D eigenvalue weighted by Gasteiger charge is 2.35. The zero-order chi connectivity index (χ0) is 19.7. The molecule has 0 aliphatic carbocycles. The monoisotopic (exact) mass is 436 g/mol. The summed E-state index contributed by atoms with van der Waals surface area (Å²) >= 11 is 18.3. The van der Waals surface area contributed by atoms with Crippen LogP contribution in [0.4, 0.5) is 0 Å². The van der Waals surface area contributed by atoms with Crippen molar-refractivity contribution in [3.05, 3.63) is 75.2 Å². The van der Waals surface area contributed by atoms with E-state index >= 15 is 0 Å². The third kappa shape index (κ3) is 3.81. The number of aromatic nitrogens is 3. The van der Waals surface area contributed by atoms with E-state index in [9.17, 15) is 0 Å². The van der Waals surface area contributed by atoms with Gasteiger partial charge in [-0.25, -0.2) is 0 Å². The van der Waals surface area contributed by atoms with Crippen molar-refractivity contribution in [1.29, 1.82) is 0 Å². The molecule has 6 nitrogen and oxygen atoms in total. The maximum atomic E-state index is 6.21. The Balaban J connectivity index is 1.68. The van der Waals surface area contributed by atoms with Crippen molar-refractivity contribution < 1.29 is 9.57 Å². The zero-order valence-electron chi connectivity index (χ0n) is 14.7. The van der Waals surface area contributed by atoms with Crippen molar-refractivity contribution in [3.8, 4) is 5.75 Å². The fourth-order valence-electron chi connectivity index (χ4n) is 3.10. The van der Waals surface area contributed by atoms with Gasteiger partial charge in [0.05, 0.1) is 0 Å². The lowest BCUT2D eigenvalue weighted by molar-refractivity contribution is 0.122. The second kappa shape index (κ2) is 7.99. The summed E-state index contributed by atoms with van der Waals surface area (Å²) in [6, 6.07) is 10.4. The summed E-state index contributed by atoms with van der Waals surface area (Å²) in [6.07, 6.45) is 3.01. The smallest absolute Gasteiger partial charge is 0.143 e. The highest BCUT2D eigenvalue weighted by Crippen LogP contribution is 2.36. The molecular weight excluding hydrogens is 423 g/mol. The Morgan fingerprint density at radius 2 is 1.79 bits per heavy atom. The van der Waals surface area contributed by atoms with Crippen LogP contribution in [0, 0.1) is 0 Å². The average Bonchev–Trinajstić information content (AvgIpc) is 3.17. The van der Waals surface area contributed by atoms with Crippen LogP contribution in [0.1, 0.15) is 24.1 Å². The van der Waals surface area contributed by atoms with Crippen molar-refractivity contribution in [2.45, 2.75) is 25.7 Å². The van der Waals surface area contributed by atoms with Gasteiger partial charge < -0.3 is 14.1 Å².